The average molecular weight is 247 g/mol. The van der Waals surface area contributed by atoms with E-state index in [2.05, 4.69) is 4.72 Å². The van der Waals surface area contributed by atoms with E-state index in [0.717, 1.165) is 24.2 Å². The van der Waals surface area contributed by atoms with Gasteiger partial charge >= 0.3 is 0 Å². The van der Waals surface area contributed by atoms with Crippen molar-refractivity contribution >= 4 is 21.4 Å². The van der Waals surface area contributed by atoms with Gasteiger partial charge in [0.05, 0.1) is 6.61 Å². The summed E-state index contributed by atoms with van der Waals surface area (Å²) in [6, 6.07) is 1.51. The van der Waals surface area contributed by atoms with Crippen molar-refractivity contribution in [3.05, 3.63) is 17.0 Å². The molecule has 6 heteroatoms. The summed E-state index contributed by atoms with van der Waals surface area (Å²) in [5, 5.41) is 10.5. The Bertz CT molecular complexity index is 459. The van der Waals surface area contributed by atoms with Gasteiger partial charge in [0.2, 0.25) is 0 Å². The van der Waals surface area contributed by atoms with Crippen LogP contribution in [0.25, 0.3) is 0 Å². The molecule has 1 aromatic heterocycles. The molecule has 1 heterocycles. The zero-order valence-corrected chi connectivity index (χ0v) is 9.99. The zero-order valence-electron chi connectivity index (χ0n) is 8.36. The van der Waals surface area contributed by atoms with Crippen LogP contribution in [0.4, 0.5) is 0 Å². The van der Waals surface area contributed by atoms with Crippen molar-refractivity contribution in [1.82, 2.24) is 4.72 Å². The molecule has 2 rings (SSSR count). The highest BCUT2D eigenvalue weighted by molar-refractivity contribution is 7.91. The van der Waals surface area contributed by atoms with Crippen molar-refractivity contribution in [2.24, 2.45) is 0 Å². The molecule has 0 saturated heterocycles. The molecule has 0 spiro atoms. The fourth-order valence-electron chi connectivity index (χ4n) is 1.24. The molecule has 15 heavy (non-hydrogen) atoms. The average Bonchev–Trinajstić information content (AvgIpc) is 2.71. The van der Waals surface area contributed by atoms with Crippen LogP contribution in [-0.2, 0) is 16.6 Å². The van der Waals surface area contributed by atoms with Crippen LogP contribution in [0.2, 0.25) is 0 Å². The van der Waals surface area contributed by atoms with Crippen LogP contribution in [0.3, 0.4) is 0 Å². The number of sulfonamides is 1. The van der Waals surface area contributed by atoms with E-state index in [1.54, 1.807) is 5.38 Å². The smallest absolute Gasteiger partial charge is 0.250 e. The van der Waals surface area contributed by atoms with Gasteiger partial charge in [-0.15, -0.1) is 11.3 Å². The third-order valence-corrected chi connectivity index (χ3v) is 5.58. The van der Waals surface area contributed by atoms with E-state index in [9.17, 15) is 8.42 Å². The van der Waals surface area contributed by atoms with E-state index < -0.39 is 10.0 Å². The van der Waals surface area contributed by atoms with Crippen LogP contribution < -0.4 is 4.72 Å². The Morgan fingerprint density at radius 3 is 2.73 bits per heavy atom. The molecule has 4 nitrogen and oxygen atoms in total. The van der Waals surface area contributed by atoms with Crippen molar-refractivity contribution in [3.63, 3.8) is 0 Å². The second kappa shape index (κ2) is 3.55. The Morgan fingerprint density at radius 2 is 2.27 bits per heavy atom. The highest BCUT2D eigenvalue weighted by atomic mass is 32.2. The Kier molecular flexibility index (Phi) is 2.62. The molecule has 1 aliphatic rings. The maximum atomic E-state index is 11.8. The molecule has 1 aliphatic carbocycles. The van der Waals surface area contributed by atoms with Gasteiger partial charge in [0, 0.05) is 5.54 Å². The molecule has 2 N–H and O–H groups in total. The molecule has 0 aromatic carbocycles. The predicted molar refractivity (Wildman–Crippen MR) is 58.2 cm³/mol. The van der Waals surface area contributed by atoms with Crippen LogP contribution >= 0.6 is 11.3 Å². The lowest BCUT2D eigenvalue weighted by atomic mass is 10.4. The Labute approximate surface area is 93.0 Å². The van der Waals surface area contributed by atoms with Crippen LogP contribution in [-0.4, -0.2) is 19.1 Å². The third kappa shape index (κ3) is 2.39. The first-order valence-electron chi connectivity index (χ1n) is 4.67. The standard InChI is InChI=1S/C9H13NO3S2/c1-9(2-3-9)10-15(12,13)8-4-7(5-11)6-14-8/h4,6,10-11H,2-3,5H2,1H3. The largest absolute Gasteiger partial charge is 0.392 e. The summed E-state index contributed by atoms with van der Waals surface area (Å²) in [4.78, 5) is 0. The first-order valence-corrected chi connectivity index (χ1v) is 7.04. The van der Waals surface area contributed by atoms with Gasteiger partial charge in [0.1, 0.15) is 4.21 Å². The summed E-state index contributed by atoms with van der Waals surface area (Å²) in [6.07, 6.45) is 1.79. The van der Waals surface area contributed by atoms with Crippen LogP contribution in [0.1, 0.15) is 25.3 Å². The SMILES string of the molecule is CC1(NS(=O)(=O)c2cc(CO)cs2)CC1. The molecular weight excluding hydrogens is 234 g/mol. The van der Waals surface area contributed by atoms with E-state index >= 15 is 0 Å². The Hall–Kier alpha value is -0.430. The van der Waals surface area contributed by atoms with Crippen molar-refractivity contribution in [1.29, 1.82) is 0 Å². The minimum atomic E-state index is -3.39. The maximum absolute atomic E-state index is 11.8. The number of aliphatic hydroxyl groups excluding tert-OH is 1. The molecule has 1 fully saturated rings. The van der Waals surface area contributed by atoms with E-state index in [-0.39, 0.29) is 16.4 Å². The van der Waals surface area contributed by atoms with Gasteiger partial charge in [-0.3, -0.25) is 0 Å². The summed E-state index contributed by atoms with van der Waals surface area (Å²) in [7, 11) is -3.39. The number of aliphatic hydroxyl groups is 1. The minimum absolute atomic E-state index is 0.122. The molecule has 0 aliphatic heterocycles. The molecule has 0 unspecified atom stereocenters. The van der Waals surface area contributed by atoms with Crippen molar-refractivity contribution in [2.45, 2.75) is 36.1 Å². The first kappa shape index (κ1) is 11.1. The van der Waals surface area contributed by atoms with Crippen molar-refractivity contribution in [2.75, 3.05) is 0 Å². The lowest BCUT2D eigenvalue weighted by molar-refractivity contribution is 0.282. The third-order valence-electron chi connectivity index (χ3n) is 2.46. The normalized spacial score (nSPS) is 19.1. The van der Waals surface area contributed by atoms with E-state index in [1.165, 1.54) is 6.07 Å². The van der Waals surface area contributed by atoms with Gasteiger partial charge in [-0.25, -0.2) is 13.1 Å². The number of hydrogen-bond acceptors (Lipinski definition) is 4. The van der Waals surface area contributed by atoms with Crippen molar-refractivity contribution in [3.8, 4) is 0 Å². The predicted octanol–water partition coefficient (Wildman–Crippen LogP) is 1.07. The van der Waals surface area contributed by atoms with Crippen molar-refractivity contribution < 1.29 is 13.5 Å². The van der Waals surface area contributed by atoms with Gasteiger partial charge in [0.25, 0.3) is 10.0 Å². The Balaban J connectivity index is 2.21. The molecule has 0 bridgehead atoms. The molecular formula is C9H13NO3S2. The number of rotatable bonds is 4. The summed E-state index contributed by atoms with van der Waals surface area (Å²) in [5.41, 5.74) is 0.392. The molecule has 0 atom stereocenters. The molecule has 1 aromatic rings. The fraction of sp³-hybridized carbons (Fsp3) is 0.556. The molecule has 0 amide bonds. The summed E-state index contributed by atoms with van der Waals surface area (Å²) < 4.78 is 26.6. The lowest BCUT2D eigenvalue weighted by Gasteiger charge is -2.10. The van der Waals surface area contributed by atoms with Gasteiger partial charge in [-0.1, -0.05) is 0 Å². The zero-order chi connectivity index (χ0) is 11.1. The second-order valence-electron chi connectivity index (χ2n) is 4.10. The van der Waals surface area contributed by atoms with Gasteiger partial charge in [-0.05, 0) is 36.8 Å². The first-order chi connectivity index (χ1) is 6.95. The second-order valence-corrected chi connectivity index (χ2v) is 6.92. The minimum Gasteiger partial charge on any atom is -0.392 e. The van der Waals surface area contributed by atoms with Crippen LogP contribution in [0.15, 0.2) is 15.7 Å². The maximum Gasteiger partial charge on any atom is 0.250 e. The monoisotopic (exact) mass is 247 g/mol. The highest BCUT2D eigenvalue weighted by Gasteiger charge is 2.41. The van der Waals surface area contributed by atoms with E-state index in [4.69, 9.17) is 5.11 Å². The topological polar surface area (TPSA) is 66.4 Å². The molecule has 1 saturated carbocycles. The van der Waals surface area contributed by atoms with Gasteiger partial charge in [-0.2, -0.15) is 0 Å². The Morgan fingerprint density at radius 1 is 1.60 bits per heavy atom. The quantitative estimate of drug-likeness (QED) is 0.836. The summed E-state index contributed by atoms with van der Waals surface area (Å²) in [6.45, 7) is 1.77. The van der Waals surface area contributed by atoms with E-state index in [1.807, 2.05) is 6.92 Å². The number of hydrogen-bond donors (Lipinski definition) is 2. The number of thiophene rings is 1. The van der Waals surface area contributed by atoms with Crippen LogP contribution in [0.5, 0.6) is 0 Å². The molecule has 84 valence electrons. The highest BCUT2D eigenvalue weighted by Crippen LogP contribution is 2.36. The lowest BCUT2D eigenvalue weighted by Crippen LogP contribution is -2.33. The summed E-state index contributed by atoms with van der Waals surface area (Å²) in [5.74, 6) is 0. The summed E-state index contributed by atoms with van der Waals surface area (Å²) >= 11 is 1.14. The molecule has 0 radical (unpaired) electrons. The van der Waals surface area contributed by atoms with Gasteiger partial charge < -0.3 is 5.11 Å². The number of nitrogens with one attached hydrogen (secondary N) is 1. The van der Waals surface area contributed by atoms with Crippen LogP contribution in [0, 0.1) is 0 Å². The van der Waals surface area contributed by atoms with Gasteiger partial charge in [0.15, 0.2) is 0 Å². The van der Waals surface area contributed by atoms with E-state index in [0.29, 0.717) is 5.56 Å². The fourth-order valence-corrected chi connectivity index (χ4v) is 3.91.